The van der Waals surface area contributed by atoms with E-state index in [-0.39, 0.29) is 19.1 Å². The van der Waals surface area contributed by atoms with E-state index in [1.807, 2.05) is 0 Å². The average Bonchev–Trinajstić information content (AvgIpc) is 3.05. The lowest BCUT2D eigenvalue weighted by atomic mass is 10.3. The van der Waals surface area contributed by atoms with E-state index in [1.54, 1.807) is 25.3 Å². The lowest BCUT2D eigenvalue weighted by Gasteiger charge is -2.22. The van der Waals surface area contributed by atoms with Crippen LogP contribution in [0.15, 0.2) is 11.4 Å². The third kappa shape index (κ3) is 3.04. The number of hydrogen-bond acceptors (Lipinski definition) is 6. The summed E-state index contributed by atoms with van der Waals surface area (Å²) in [6.45, 7) is 4.31. The maximum Gasteiger partial charge on any atom is 0.343 e. The highest BCUT2D eigenvalue weighted by molar-refractivity contribution is 7.55. The van der Waals surface area contributed by atoms with Gasteiger partial charge in [0.1, 0.15) is 16.7 Å². The molecule has 1 atom stereocenters. The van der Waals surface area contributed by atoms with Gasteiger partial charge in [-0.2, -0.15) is 5.26 Å². The minimum absolute atomic E-state index is 0.226. The predicted molar refractivity (Wildman–Crippen MR) is 80.7 cm³/mol. The largest absolute Gasteiger partial charge is 0.343 e. The first-order valence-corrected chi connectivity index (χ1v) is 9.24. The van der Waals surface area contributed by atoms with E-state index in [4.69, 9.17) is 14.3 Å². The van der Waals surface area contributed by atoms with Gasteiger partial charge in [0.05, 0.1) is 18.8 Å². The summed E-state index contributed by atoms with van der Waals surface area (Å²) in [6, 6.07) is 3.73. The Morgan fingerprint density at radius 1 is 1.48 bits per heavy atom. The van der Waals surface area contributed by atoms with Crippen LogP contribution in [-0.4, -0.2) is 31.3 Å². The summed E-state index contributed by atoms with van der Waals surface area (Å²) in [5.41, 5.74) is -0.331. The SMILES string of the molecule is CCOP(=O)(OCC)C1CCN(c2sccc2C#N)C1=O. The molecule has 0 aromatic carbocycles. The highest BCUT2D eigenvalue weighted by Gasteiger charge is 2.47. The van der Waals surface area contributed by atoms with Crippen molar-refractivity contribution >= 4 is 29.8 Å². The van der Waals surface area contributed by atoms with Gasteiger partial charge in [0.25, 0.3) is 0 Å². The Balaban J connectivity index is 2.25. The maximum atomic E-state index is 12.7. The van der Waals surface area contributed by atoms with Crippen LogP contribution in [0.3, 0.4) is 0 Å². The molecule has 0 saturated carbocycles. The van der Waals surface area contributed by atoms with Crippen molar-refractivity contribution in [2.75, 3.05) is 24.7 Å². The number of rotatable bonds is 6. The molecular formula is C13H17N2O4PS. The van der Waals surface area contributed by atoms with Crippen molar-refractivity contribution in [2.45, 2.75) is 25.9 Å². The first kappa shape index (κ1) is 16.2. The van der Waals surface area contributed by atoms with Gasteiger partial charge in [-0.25, -0.2) is 0 Å². The van der Waals surface area contributed by atoms with Crippen LogP contribution in [0, 0.1) is 11.3 Å². The van der Waals surface area contributed by atoms with Gasteiger partial charge in [0.2, 0.25) is 5.91 Å². The van der Waals surface area contributed by atoms with Crippen molar-refractivity contribution in [2.24, 2.45) is 0 Å². The molecule has 1 aliphatic rings. The Hall–Kier alpha value is -1.19. The molecule has 0 radical (unpaired) electrons. The molecule has 0 bridgehead atoms. The fourth-order valence-electron chi connectivity index (χ4n) is 2.33. The number of anilines is 1. The van der Waals surface area contributed by atoms with E-state index >= 15 is 0 Å². The molecule has 1 aromatic heterocycles. The Kier molecular flexibility index (Phi) is 5.17. The van der Waals surface area contributed by atoms with Gasteiger partial charge < -0.3 is 13.9 Å². The number of thiophene rings is 1. The van der Waals surface area contributed by atoms with Crippen LogP contribution in [0.25, 0.3) is 0 Å². The quantitative estimate of drug-likeness (QED) is 0.750. The topological polar surface area (TPSA) is 79.6 Å². The van der Waals surface area contributed by atoms with E-state index in [1.165, 1.54) is 16.2 Å². The molecule has 1 aliphatic heterocycles. The molecule has 0 spiro atoms. The van der Waals surface area contributed by atoms with Gasteiger partial charge in [-0.3, -0.25) is 9.36 Å². The molecule has 1 unspecified atom stereocenters. The van der Waals surface area contributed by atoms with Gasteiger partial charge in [-0.1, -0.05) is 0 Å². The zero-order valence-electron chi connectivity index (χ0n) is 11.9. The van der Waals surface area contributed by atoms with Crippen LogP contribution in [-0.2, 0) is 18.4 Å². The summed E-state index contributed by atoms with van der Waals surface area (Å²) in [5.74, 6) is -0.292. The summed E-state index contributed by atoms with van der Waals surface area (Å²) in [5, 5.41) is 11.4. The van der Waals surface area contributed by atoms with Crippen LogP contribution < -0.4 is 4.90 Å². The van der Waals surface area contributed by atoms with E-state index in [2.05, 4.69) is 6.07 Å². The summed E-state index contributed by atoms with van der Waals surface area (Å²) in [4.78, 5) is 14.1. The summed E-state index contributed by atoms with van der Waals surface area (Å²) >= 11 is 1.33. The van der Waals surface area contributed by atoms with Crippen molar-refractivity contribution in [1.29, 1.82) is 5.26 Å². The second kappa shape index (κ2) is 6.71. The monoisotopic (exact) mass is 328 g/mol. The molecule has 2 heterocycles. The molecular weight excluding hydrogens is 311 g/mol. The Morgan fingerprint density at radius 3 is 2.71 bits per heavy atom. The molecule has 1 amide bonds. The fourth-order valence-corrected chi connectivity index (χ4v) is 5.21. The first-order chi connectivity index (χ1) is 10.1. The summed E-state index contributed by atoms with van der Waals surface area (Å²) in [6.07, 6.45) is 0.402. The van der Waals surface area contributed by atoms with Gasteiger partial charge in [0.15, 0.2) is 0 Å². The van der Waals surface area contributed by atoms with E-state index in [0.717, 1.165) is 0 Å². The van der Waals surface area contributed by atoms with Crippen molar-refractivity contribution in [3.8, 4) is 6.07 Å². The number of nitriles is 1. The number of amides is 1. The van der Waals surface area contributed by atoms with Gasteiger partial charge in [-0.05, 0) is 31.7 Å². The molecule has 21 heavy (non-hydrogen) atoms. The lowest BCUT2D eigenvalue weighted by Crippen LogP contribution is -2.30. The zero-order chi connectivity index (χ0) is 15.5. The van der Waals surface area contributed by atoms with E-state index in [9.17, 15) is 9.36 Å². The smallest absolute Gasteiger partial charge is 0.308 e. The number of carbonyl (C=O) groups is 1. The third-order valence-corrected chi connectivity index (χ3v) is 6.60. The number of hydrogen-bond donors (Lipinski definition) is 0. The van der Waals surface area contributed by atoms with Crippen molar-refractivity contribution < 1.29 is 18.4 Å². The molecule has 1 saturated heterocycles. The molecule has 8 heteroatoms. The maximum absolute atomic E-state index is 12.7. The second-order valence-electron chi connectivity index (χ2n) is 4.42. The Labute approximate surface area is 127 Å². The van der Waals surface area contributed by atoms with Crippen LogP contribution >= 0.6 is 18.9 Å². The molecule has 2 rings (SSSR count). The van der Waals surface area contributed by atoms with Crippen LogP contribution in [0.5, 0.6) is 0 Å². The highest BCUT2D eigenvalue weighted by atomic mass is 32.1. The van der Waals surface area contributed by atoms with Gasteiger partial charge in [-0.15, -0.1) is 11.3 Å². The third-order valence-electron chi connectivity index (χ3n) is 3.19. The number of carbonyl (C=O) groups excluding carboxylic acids is 1. The molecule has 6 nitrogen and oxygen atoms in total. The minimum Gasteiger partial charge on any atom is -0.308 e. The average molecular weight is 328 g/mol. The molecule has 1 aromatic rings. The number of nitrogens with zero attached hydrogens (tertiary/aromatic N) is 2. The normalized spacial score (nSPS) is 19.0. The minimum atomic E-state index is -3.46. The zero-order valence-corrected chi connectivity index (χ0v) is 13.7. The van der Waals surface area contributed by atoms with E-state index < -0.39 is 13.3 Å². The van der Waals surface area contributed by atoms with Crippen LogP contribution in [0.4, 0.5) is 5.00 Å². The summed E-state index contributed by atoms with van der Waals surface area (Å²) in [7, 11) is -3.46. The van der Waals surface area contributed by atoms with Crippen LogP contribution in [0.1, 0.15) is 25.8 Å². The predicted octanol–water partition coefficient (Wildman–Crippen LogP) is 2.99. The van der Waals surface area contributed by atoms with Gasteiger partial charge in [0, 0.05) is 6.54 Å². The molecule has 0 N–H and O–H groups in total. The molecule has 114 valence electrons. The Morgan fingerprint density at radius 2 is 2.14 bits per heavy atom. The van der Waals surface area contributed by atoms with Crippen molar-refractivity contribution in [1.82, 2.24) is 0 Å². The van der Waals surface area contributed by atoms with Crippen LogP contribution in [0.2, 0.25) is 0 Å². The lowest BCUT2D eigenvalue weighted by molar-refractivity contribution is -0.117. The van der Waals surface area contributed by atoms with Gasteiger partial charge >= 0.3 is 7.60 Å². The van der Waals surface area contributed by atoms with E-state index in [0.29, 0.717) is 23.5 Å². The highest BCUT2D eigenvalue weighted by Crippen LogP contribution is 2.56. The fraction of sp³-hybridized carbons (Fsp3) is 0.538. The first-order valence-electron chi connectivity index (χ1n) is 6.75. The molecule has 1 fully saturated rings. The Bertz CT molecular complexity index is 600. The summed E-state index contributed by atoms with van der Waals surface area (Å²) < 4.78 is 23.3. The molecule has 0 aliphatic carbocycles. The standard InChI is InChI=1S/C13H17N2O4PS/c1-3-18-20(17,19-4-2)11-5-7-15(12(11)16)13-10(9-14)6-8-21-13/h6,8,11H,3-5,7H2,1-2H3. The van der Waals surface area contributed by atoms with Crippen molar-refractivity contribution in [3.05, 3.63) is 17.0 Å². The van der Waals surface area contributed by atoms with Crippen molar-refractivity contribution in [3.63, 3.8) is 0 Å². The second-order valence-corrected chi connectivity index (χ2v) is 7.53.